The fourth-order valence-corrected chi connectivity index (χ4v) is 6.89. The van der Waals surface area contributed by atoms with Crippen molar-refractivity contribution in [2.24, 2.45) is 5.41 Å². The number of carbonyl (C=O) groups is 2. The van der Waals surface area contributed by atoms with Crippen molar-refractivity contribution in [2.75, 3.05) is 6.98 Å². The number of phenolic OH excluding ortho intramolecular Hbond substituents is 1. The van der Waals surface area contributed by atoms with Crippen LogP contribution in [0.3, 0.4) is 0 Å². The van der Waals surface area contributed by atoms with Gasteiger partial charge in [-0.2, -0.15) is 10.4 Å². The number of fused-ring (bicyclic) bond motifs is 9. The summed E-state index contributed by atoms with van der Waals surface area (Å²) < 4.78 is 31.6. The molecule has 1 aliphatic heterocycles. The van der Waals surface area contributed by atoms with Crippen molar-refractivity contribution in [3.8, 4) is 23.1 Å². The van der Waals surface area contributed by atoms with Crippen LogP contribution in [0.1, 0.15) is 96.0 Å². The highest BCUT2D eigenvalue weighted by atomic mass is 16.6. The number of nitrogens with one attached hydrogen (secondary N) is 1. The maximum Gasteiger partial charge on any atom is 0.408 e. The molecule has 2 bridgehead atoms. The minimum Gasteiger partial charge on any atom is -0.508 e. The second-order valence-electron chi connectivity index (χ2n) is 13.1. The zero-order valence-electron chi connectivity index (χ0n) is 27.6. The molecule has 1 fully saturated rings. The molecule has 7 rings (SSSR count). The zero-order valence-corrected chi connectivity index (χ0v) is 24.6. The highest BCUT2D eigenvalue weighted by Gasteiger charge is 2.56. The average molecular weight is 596 g/mol. The van der Waals surface area contributed by atoms with Gasteiger partial charge >= 0.3 is 6.09 Å². The van der Waals surface area contributed by atoms with Gasteiger partial charge in [-0.05, 0) is 65.2 Å². The molecule has 0 radical (unpaired) electrons. The quantitative estimate of drug-likeness (QED) is 0.345. The summed E-state index contributed by atoms with van der Waals surface area (Å²) >= 11 is 0. The van der Waals surface area contributed by atoms with E-state index < -0.39 is 47.5 Å². The fourth-order valence-electron chi connectivity index (χ4n) is 6.89. The number of nitriles is 1. The Morgan fingerprint density at radius 1 is 1.23 bits per heavy atom. The first-order chi connectivity index (χ1) is 22.0. The molecule has 3 aliphatic rings. The lowest BCUT2D eigenvalue weighted by atomic mass is 9.58. The van der Waals surface area contributed by atoms with Crippen LogP contribution in [0.15, 0.2) is 42.9 Å². The van der Waals surface area contributed by atoms with Crippen LogP contribution in [0.5, 0.6) is 5.75 Å². The molecule has 12 nitrogen and oxygen atoms in total. The van der Waals surface area contributed by atoms with Gasteiger partial charge < -0.3 is 20.1 Å². The molecule has 2 atom stereocenters. The van der Waals surface area contributed by atoms with Gasteiger partial charge in [-0.25, -0.2) is 24.3 Å². The van der Waals surface area contributed by atoms with Crippen LogP contribution in [0.2, 0.25) is 0 Å². The Hall–Kier alpha value is -5.05. The molecule has 2 aliphatic carbocycles. The van der Waals surface area contributed by atoms with Crippen molar-refractivity contribution < 1.29 is 23.5 Å². The van der Waals surface area contributed by atoms with Crippen molar-refractivity contribution in [1.29, 1.82) is 5.26 Å². The third kappa shape index (κ3) is 4.17. The molecule has 224 valence electrons. The van der Waals surface area contributed by atoms with Crippen LogP contribution in [-0.2, 0) is 10.3 Å². The van der Waals surface area contributed by atoms with E-state index in [1.54, 1.807) is 49.9 Å². The number of amides is 2. The number of phenols is 1. The molecule has 2 amide bonds. The van der Waals surface area contributed by atoms with Gasteiger partial charge in [0.1, 0.15) is 16.9 Å². The molecule has 0 spiro atoms. The summed E-state index contributed by atoms with van der Waals surface area (Å²) in [7, 11) is 0. The van der Waals surface area contributed by atoms with Crippen molar-refractivity contribution in [2.45, 2.75) is 70.1 Å². The molecule has 1 aromatic carbocycles. The molecule has 44 heavy (non-hydrogen) atoms. The SMILES string of the molecule is [2H]C([2H])([2H])N1C(=O)c2cccc(O)c2[C@H]2C[C@@H]1c1nn3ccc(-c4cnc(C5(NC(=O)OC(C)(C)C)CC(C)(C#N)C5)nc4)nc3c12. The van der Waals surface area contributed by atoms with Crippen LogP contribution in [0.25, 0.3) is 16.9 Å². The molecule has 0 unspecified atom stereocenters. The number of aromatic nitrogens is 5. The van der Waals surface area contributed by atoms with Crippen LogP contribution in [-0.4, -0.2) is 59.1 Å². The van der Waals surface area contributed by atoms with Gasteiger partial charge in [0.2, 0.25) is 0 Å². The number of hydrogen-bond acceptors (Lipinski definition) is 9. The molecule has 2 N–H and O–H groups in total. The number of benzene rings is 1. The number of alkyl carbamates (subject to hydrolysis) is 1. The van der Waals surface area contributed by atoms with Crippen LogP contribution in [0, 0.1) is 16.7 Å². The summed E-state index contributed by atoms with van der Waals surface area (Å²) in [4.78, 5) is 41.3. The Kier molecular flexibility index (Phi) is 5.11. The van der Waals surface area contributed by atoms with Gasteiger partial charge in [-0.3, -0.25) is 4.79 Å². The van der Waals surface area contributed by atoms with Gasteiger partial charge in [-0.1, -0.05) is 6.07 Å². The zero-order chi connectivity index (χ0) is 33.7. The lowest BCUT2D eigenvalue weighted by Crippen LogP contribution is -2.59. The summed E-state index contributed by atoms with van der Waals surface area (Å²) in [6, 6.07) is 7.73. The summed E-state index contributed by atoms with van der Waals surface area (Å²) in [5, 5.41) is 28.2. The van der Waals surface area contributed by atoms with Crippen LogP contribution < -0.4 is 5.32 Å². The molecule has 12 heteroatoms. The van der Waals surface area contributed by atoms with Crippen LogP contribution in [0.4, 0.5) is 4.79 Å². The van der Waals surface area contributed by atoms with Crippen LogP contribution >= 0.6 is 0 Å². The molecular weight excluding hydrogens is 560 g/mol. The van der Waals surface area contributed by atoms with E-state index in [2.05, 4.69) is 26.5 Å². The second kappa shape index (κ2) is 9.22. The third-order valence-corrected chi connectivity index (χ3v) is 8.63. The van der Waals surface area contributed by atoms with Gasteiger partial charge in [0.05, 0.1) is 28.9 Å². The Morgan fingerprint density at radius 3 is 2.66 bits per heavy atom. The van der Waals surface area contributed by atoms with Crippen molar-refractivity contribution in [3.05, 3.63) is 71.1 Å². The molecule has 0 saturated heterocycles. The summed E-state index contributed by atoms with van der Waals surface area (Å²) in [6.07, 6.45) is 5.12. The van der Waals surface area contributed by atoms with Crippen molar-refractivity contribution in [1.82, 2.24) is 34.8 Å². The third-order valence-electron chi connectivity index (χ3n) is 8.63. The number of carbonyl (C=O) groups excluding carboxylic acids is 2. The smallest absolute Gasteiger partial charge is 0.408 e. The van der Waals surface area contributed by atoms with Crippen molar-refractivity contribution >= 4 is 17.6 Å². The normalized spacial score (nSPS) is 26.8. The van der Waals surface area contributed by atoms with Gasteiger partial charge in [-0.15, -0.1) is 0 Å². The van der Waals surface area contributed by atoms with E-state index >= 15 is 0 Å². The van der Waals surface area contributed by atoms with Gasteiger partial charge in [0, 0.05) is 57.9 Å². The fraction of sp³-hybridized carbons (Fsp3) is 0.406. The summed E-state index contributed by atoms with van der Waals surface area (Å²) in [6.45, 7) is 4.38. The molecule has 4 heterocycles. The Balaban J connectivity index is 1.27. The summed E-state index contributed by atoms with van der Waals surface area (Å²) in [5.74, 6) is -0.958. The van der Waals surface area contributed by atoms with E-state index in [-0.39, 0.29) is 17.7 Å². The van der Waals surface area contributed by atoms with E-state index in [1.807, 2.05) is 6.92 Å². The van der Waals surface area contributed by atoms with Gasteiger partial charge in [0.25, 0.3) is 5.91 Å². The number of ether oxygens (including phenoxy) is 1. The maximum absolute atomic E-state index is 13.5. The highest BCUT2D eigenvalue weighted by Crippen LogP contribution is 2.54. The first kappa shape index (κ1) is 24.4. The Labute approximate surface area is 257 Å². The van der Waals surface area contributed by atoms with E-state index in [0.717, 1.165) is 4.90 Å². The molecule has 4 aromatic rings. The minimum atomic E-state index is -2.74. The predicted molar refractivity (Wildman–Crippen MR) is 157 cm³/mol. The van der Waals surface area contributed by atoms with Crippen molar-refractivity contribution in [3.63, 3.8) is 0 Å². The maximum atomic E-state index is 13.5. The number of aromatic hydroxyl groups is 1. The Bertz CT molecular complexity index is 2010. The first-order valence-corrected chi connectivity index (χ1v) is 14.3. The average Bonchev–Trinajstić information content (AvgIpc) is 3.47. The first-order valence-electron chi connectivity index (χ1n) is 15.8. The number of nitrogens with zero attached hydrogens (tertiary/aromatic N) is 7. The van der Waals surface area contributed by atoms with E-state index in [0.29, 0.717) is 52.4 Å². The predicted octanol–water partition coefficient (Wildman–Crippen LogP) is 4.60. The summed E-state index contributed by atoms with van der Waals surface area (Å²) in [5.41, 5.74) is 0.743. The van der Waals surface area contributed by atoms with E-state index in [4.69, 9.17) is 13.8 Å². The van der Waals surface area contributed by atoms with Gasteiger partial charge in [0.15, 0.2) is 11.5 Å². The highest BCUT2D eigenvalue weighted by molar-refractivity contribution is 5.98. The standard InChI is InChI=1S/C32H32N8O4/c1-30(2,3)44-29(43)37-32(14-31(4,15-32)16-33)28-34-12-17(13-35-28)20-9-10-40-26(36-20)24-19-11-21(25(24)38-40)39(5)27(42)18-7-6-8-22(41)23(18)19/h6-10,12-13,19,21,41H,11,14-15H2,1-5H3,(H,37,43)/t19-,21-,31?,32?/m1/s1/i5D3. The lowest BCUT2D eigenvalue weighted by molar-refractivity contribution is 0.0127. The second-order valence-corrected chi connectivity index (χ2v) is 13.1. The minimum absolute atomic E-state index is 0.100. The molecular formula is C32H32N8O4. The largest absolute Gasteiger partial charge is 0.508 e. The van der Waals surface area contributed by atoms with E-state index in [1.165, 1.54) is 18.2 Å². The lowest BCUT2D eigenvalue weighted by Gasteiger charge is -2.49. The monoisotopic (exact) mass is 595 g/mol. The van der Waals surface area contributed by atoms with E-state index in [9.17, 15) is 20.0 Å². The number of rotatable bonds is 3. The Morgan fingerprint density at radius 2 is 1.98 bits per heavy atom. The topological polar surface area (TPSA) is 159 Å². The molecule has 3 aromatic heterocycles. The molecule has 1 saturated carbocycles. The number of hydrogen-bond donors (Lipinski definition) is 2.